The highest BCUT2D eigenvalue weighted by Crippen LogP contribution is 2.45. The van der Waals surface area contributed by atoms with Crippen molar-refractivity contribution in [3.05, 3.63) is 52.6 Å². The maximum atomic E-state index is 13.6. The number of methoxy groups -OCH3 is 2. The number of alkyl halides is 6. The zero-order chi connectivity index (χ0) is 29.3. The Labute approximate surface area is 221 Å². The predicted octanol–water partition coefficient (Wildman–Crippen LogP) is 6.24. The molecule has 2 unspecified atom stereocenters. The summed E-state index contributed by atoms with van der Waals surface area (Å²) in [5.74, 6) is -0.909. The van der Waals surface area contributed by atoms with Crippen molar-refractivity contribution in [2.45, 2.75) is 51.1 Å². The van der Waals surface area contributed by atoms with E-state index in [1.54, 1.807) is 13.8 Å². The first-order valence-electron chi connectivity index (χ1n) is 11.9. The van der Waals surface area contributed by atoms with E-state index in [0.29, 0.717) is 23.4 Å². The normalized spacial score (nSPS) is 17.4. The molecule has 2 atom stereocenters. The van der Waals surface area contributed by atoms with Crippen LogP contribution >= 0.6 is 0 Å². The summed E-state index contributed by atoms with van der Waals surface area (Å²) in [6.07, 6.45) is -10.6. The van der Waals surface area contributed by atoms with Gasteiger partial charge in [0.1, 0.15) is 0 Å². The van der Waals surface area contributed by atoms with Crippen molar-refractivity contribution >= 4 is 17.7 Å². The van der Waals surface area contributed by atoms with E-state index in [9.17, 15) is 35.9 Å². The molecular weight excluding hydrogens is 534 g/mol. The number of hydrogen-bond acceptors (Lipinski definition) is 5. The van der Waals surface area contributed by atoms with Crippen molar-refractivity contribution in [2.75, 3.05) is 32.8 Å². The van der Waals surface area contributed by atoms with Crippen LogP contribution in [-0.2, 0) is 28.4 Å². The molecule has 0 saturated carbocycles. The fourth-order valence-corrected chi connectivity index (χ4v) is 4.62. The quantitative estimate of drug-likeness (QED) is 0.390. The number of rotatable bonds is 6. The molecule has 13 heteroatoms. The highest BCUT2D eigenvalue weighted by molar-refractivity contribution is 5.95. The average molecular weight is 563 g/mol. The predicted molar refractivity (Wildman–Crippen MR) is 129 cm³/mol. The van der Waals surface area contributed by atoms with Gasteiger partial charge in [-0.05, 0) is 55.7 Å². The van der Waals surface area contributed by atoms with E-state index < -0.39 is 54.0 Å². The fourth-order valence-electron chi connectivity index (χ4n) is 4.62. The number of likely N-dealkylation sites (N-methyl/N-ethyl adjacent to an activating group) is 1. The van der Waals surface area contributed by atoms with E-state index >= 15 is 0 Å². The number of benzene rings is 2. The van der Waals surface area contributed by atoms with Gasteiger partial charge in [0.2, 0.25) is 5.91 Å². The zero-order valence-corrected chi connectivity index (χ0v) is 21.9. The molecule has 1 aliphatic heterocycles. The largest absolute Gasteiger partial charge is 0.493 e. The highest BCUT2D eigenvalue weighted by Gasteiger charge is 2.41. The third kappa shape index (κ3) is 6.34. The molecule has 1 aliphatic rings. The van der Waals surface area contributed by atoms with E-state index in [1.165, 1.54) is 38.3 Å². The van der Waals surface area contributed by atoms with Crippen LogP contribution < -0.4 is 14.4 Å². The van der Waals surface area contributed by atoms with E-state index in [1.807, 2.05) is 0 Å². The van der Waals surface area contributed by atoms with Crippen LogP contribution in [0, 0.1) is 0 Å². The summed E-state index contributed by atoms with van der Waals surface area (Å²) in [6.45, 7) is 2.92. The Morgan fingerprint density at radius 1 is 0.949 bits per heavy atom. The van der Waals surface area contributed by atoms with Crippen LogP contribution in [0.25, 0.3) is 0 Å². The van der Waals surface area contributed by atoms with Gasteiger partial charge in [-0.25, -0.2) is 4.79 Å². The maximum absolute atomic E-state index is 13.6. The Kier molecular flexibility index (Phi) is 8.61. The van der Waals surface area contributed by atoms with Crippen LogP contribution in [0.15, 0.2) is 30.3 Å². The summed E-state index contributed by atoms with van der Waals surface area (Å²) in [7, 11) is 4.07. The summed E-state index contributed by atoms with van der Waals surface area (Å²) >= 11 is 0. The van der Waals surface area contributed by atoms with Crippen LogP contribution in [0.4, 0.5) is 36.8 Å². The molecule has 2 amide bonds. The van der Waals surface area contributed by atoms with Crippen molar-refractivity contribution in [2.24, 2.45) is 0 Å². The molecule has 0 radical (unpaired) electrons. The molecule has 3 rings (SSSR count). The summed E-state index contributed by atoms with van der Waals surface area (Å²) in [5, 5.41) is 0. The minimum absolute atomic E-state index is 0.0357. The monoisotopic (exact) mass is 562 g/mol. The highest BCUT2D eigenvalue weighted by atomic mass is 19.4. The molecule has 0 N–H and O–H groups in total. The van der Waals surface area contributed by atoms with Gasteiger partial charge in [-0.3, -0.25) is 9.69 Å². The molecule has 0 aliphatic carbocycles. The standard InChI is InChI=1S/C26H28F6N2O5/c1-6-39-24(36)34-14(2)7-19(18-11-21(37-4)22(38-5)12-20(18)34)23(35)33(3)13-15-8-16(25(27,28)29)10-17(9-15)26(30,31)32/h8-12,14,19H,6-7,13H2,1-5H3. The maximum Gasteiger partial charge on any atom is 0.416 e. The van der Waals surface area contributed by atoms with Crippen molar-refractivity contribution in [1.82, 2.24) is 4.90 Å². The van der Waals surface area contributed by atoms with Gasteiger partial charge in [0.05, 0.1) is 43.6 Å². The summed E-state index contributed by atoms with van der Waals surface area (Å²) < 4.78 is 95.7. The van der Waals surface area contributed by atoms with Crippen LogP contribution in [0.3, 0.4) is 0 Å². The number of ether oxygens (including phenoxy) is 3. The average Bonchev–Trinajstić information content (AvgIpc) is 2.85. The second kappa shape index (κ2) is 11.2. The van der Waals surface area contributed by atoms with E-state index in [0.717, 1.165) is 4.90 Å². The van der Waals surface area contributed by atoms with Crippen molar-refractivity contribution < 1.29 is 50.1 Å². The SMILES string of the molecule is CCOC(=O)N1c2cc(OC)c(OC)cc2C(C(=O)N(C)Cc2cc(C(F)(F)F)cc(C(F)(F)F)c2)CC1C. The fraction of sp³-hybridized carbons (Fsp3) is 0.462. The smallest absolute Gasteiger partial charge is 0.416 e. The molecule has 2 aromatic rings. The van der Waals surface area contributed by atoms with Crippen LogP contribution in [0.1, 0.15) is 48.4 Å². The number of amides is 2. The first-order chi connectivity index (χ1) is 18.1. The molecule has 0 spiro atoms. The molecule has 0 aromatic heterocycles. The molecule has 39 heavy (non-hydrogen) atoms. The van der Waals surface area contributed by atoms with Crippen molar-refractivity contribution in [3.63, 3.8) is 0 Å². The molecule has 0 saturated heterocycles. The summed E-state index contributed by atoms with van der Waals surface area (Å²) in [5.41, 5.74) is -2.58. The van der Waals surface area contributed by atoms with Gasteiger partial charge in [0.15, 0.2) is 11.5 Å². The number of anilines is 1. The second-order valence-corrected chi connectivity index (χ2v) is 9.08. The Morgan fingerprint density at radius 3 is 1.97 bits per heavy atom. The third-order valence-electron chi connectivity index (χ3n) is 6.39. The lowest BCUT2D eigenvalue weighted by atomic mass is 9.84. The summed E-state index contributed by atoms with van der Waals surface area (Å²) in [4.78, 5) is 28.8. The number of carbonyl (C=O) groups is 2. The molecule has 2 aromatic carbocycles. The molecule has 214 valence electrons. The molecule has 0 fully saturated rings. The van der Waals surface area contributed by atoms with Crippen LogP contribution in [0.5, 0.6) is 11.5 Å². The minimum atomic E-state index is -5.01. The first kappa shape index (κ1) is 29.9. The topological polar surface area (TPSA) is 68.3 Å². The number of fused-ring (bicyclic) bond motifs is 1. The summed E-state index contributed by atoms with van der Waals surface area (Å²) in [6, 6.07) is 3.72. The van der Waals surface area contributed by atoms with Gasteiger partial charge in [-0.2, -0.15) is 26.3 Å². The molecular formula is C26H28F6N2O5. The van der Waals surface area contributed by atoms with Gasteiger partial charge in [0, 0.05) is 25.7 Å². The number of nitrogens with zero attached hydrogens (tertiary/aromatic N) is 2. The number of hydrogen-bond donors (Lipinski definition) is 0. The Hall–Kier alpha value is -3.64. The molecule has 7 nitrogen and oxygen atoms in total. The Morgan fingerprint density at radius 2 is 1.49 bits per heavy atom. The van der Waals surface area contributed by atoms with E-state index in [-0.39, 0.29) is 36.2 Å². The Balaban J connectivity index is 2.03. The second-order valence-electron chi connectivity index (χ2n) is 9.08. The first-order valence-corrected chi connectivity index (χ1v) is 11.9. The van der Waals surface area contributed by atoms with Gasteiger partial charge in [-0.15, -0.1) is 0 Å². The van der Waals surface area contributed by atoms with Crippen LogP contribution in [-0.4, -0.2) is 50.8 Å². The molecule has 1 heterocycles. The van der Waals surface area contributed by atoms with Gasteiger partial charge >= 0.3 is 18.4 Å². The molecule has 0 bridgehead atoms. The number of halogens is 6. The van der Waals surface area contributed by atoms with Crippen molar-refractivity contribution in [1.29, 1.82) is 0 Å². The van der Waals surface area contributed by atoms with E-state index in [2.05, 4.69) is 0 Å². The number of carbonyl (C=O) groups excluding carboxylic acids is 2. The van der Waals surface area contributed by atoms with Gasteiger partial charge in [-0.1, -0.05) is 0 Å². The van der Waals surface area contributed by atoms with E-state index in [4.69, 9.17) is 14.2 Å². The van der Waals surface area contributed by atoms with Gasteiger partial charge < -0.3 is 19.1 Å². The minimum Gasteiger partial charge on any atom is -0.493 e. The van der Waals surface area contributed by atoms with Crippen LogP contribution in [0.2, 0.25) is 0 Å². The van der Waals surface area contributed by atoms with Gasteiger partial charge in [0.25, 0.3) is 0 Å². The lowest BCUT2D eigenvalue weighted by Gasteiger charge is -2.39. The van der Waals surface area contributed by atoms with Crippen molar-refractivity contribution in [3.8, 4) is 11.5 Å². The lowest BCUT2D eigenvalue weighted by molar-refractivity contribution is -0.143. The zero-order valence-electron chi connectivity index (χ0n) is 21.9. The Bertz CT molecular complexity index is 1200. The third-order valence-corrected chi connectivity index (χ3v) is 6.39. The lowest BCUT2D eigenvalue weighted by Crippen LogP contribution is -2.46.